The summed E-state index contributed by atoms with van der Waals surface area (Å²) >= 11 is 0. The Labute approximate surface area is 143 Å². The minimum Gasteiger partial charge on any atom is -0.374 e. The maximum Gasteiger partial charge on any atom is 0.194 e. The molecule has 3 rings (SSSR count). The Hall–Kier alpha value is -2.39. The summed E-state index contributed by atoms with van der Waals surface area (Å²) in [5.74, 6) is 0. The Morgan fingerprint density at radius 2 is 1.42 bits per heavy atom. The third-order valence-electron chi connectivity index (χ3n) is 4.46. The van der Waals surface area contributed by atoms with Gasteiger partial charge in [0.05, 0.1) is 0 Å². The molecule has 0 aliphatic carbocycles. The Kier molecular flexibility index (Phi) is 4.81. The molecule has 0 aromatic heterocycles. The Morgan fingerprint density at radius 1 is 0.792 bits per heavy atom. The summed E-state index contributed by atoms with van der Waals surface area (Å²) < 4.78 is 0. The highest BCUT2D eigenvalue weighted by molar-refractivity contribution is 6.01. The number of anilines is 1. The summed E-state index contributed by atoms with van der Waals surface area (Å²) in [5.41, 5.74) is 1.22. The van der Waals surface area contributed by atoms with Gasteiger partial charge in [-0.1, -0.05) is 48.5 Å². The summed E-state index contributed by atoms with van der Waals surface area (Å²) in [4.78, 5) is 17.4. The molecule has 0 saturated carbocycles. The van der Waals surface area contributed by atoms with E-state index in [4.69, 9.17) is 0 Å². The molecule has 124 valence electrons. The van der Waals surface area contributed by atoms with Crippen molar-refractivity contribution < 1.29 is 0 Å². The standard InChI is InChI=1S/C21H24N2O/c1-22(2)13-8-14-23(3)20-15-16-9-4-5-10-17(16)21(24)19-12-7-6-11-18(19)20/h4-7,9-12,15H,8,13-14H2,1-3H3. The smallest absolute Gasteiger partial charge is 0.194 e. The van der Waals surface area contributed by atoms with Gasteiger partial charge in [-0.15, -0.1) is 0 Å². The van der Waals surface area contributed by atoms with Crippen LogP contribution in [0.15, 0.2) is 59.4 Å². The predicted molar refractivity (Wildman–Crippen MR) is 104 cm³/mol. The maximum atomic E-state index is 12.9. The predicted octanol–water partition coefficient (Wildman–Crippen LogP) is 3.74. The molecule has 0 heterocycles. The van der Waals surface area contributed by atoms with E-state index >= 15 is 0 Å². The van der Waals surface area contributed by atoms with Crippen molar-refractivity contribution in [3.63, 3.8) is 0 Å². The molecule has 0 N–H and O–H groups in total. The number of hydrogen-bond acceptors (Lipinski definition) is 3. The first-order valence-electron chi connectivity index (χ1n) is 8.38. The van der Waals surface area contributed by atoms with Crippen LogP contribution >= 0.6 is 0 Å². The molecule has 0 aliphatic rings. The van der Waals surface area contributed by atoms with E-state index < -0.39 is 0 Å². The van der Waals surface area contributed by atoms with Gasteiger partial charge in [0.2, 0.25) is 0 Å². The summed E-state index contributed by atoms with van der Waals surface area (Å²) in [6.07, 6.45) is 1.08. The molecule has 0 fully saturated rings. The summed E-state index contributed by atoms with van der Waals surface area (Å²) in [6, 6.07) is 17.9. The zero-order valence-corrected chi connectivity index (χ0v) is 14.6. The minimum atomic E-state index is 0.106. The van der Waals surface area contributed by atoms with Crippen LogP contribution < -0.4 is 10.3 Å². The molecule has 0 spiro atoms. The first kappa shape index (κ1) is 16.5. The van der Waals surface area contributed by atoms with Crippen LogP contribution in [-0.2, 0) is 0 Å². The molecular formula is C21H24N2O. The van der Waals surface area contributed by atoms with E-state index in [0.29, 0.717) is 0 Å². The second-order valence-electron chi connectivity index (χ2n) is 6.57. The van der Waals surface area contributed by atoms with Crippen LogP contribution in [0.2, 0.25) is 0 Å². The highest BCUT2D eigenvalue weighted by Gasteiger charge is 2.10. The molecule has 0 amide bonds. The van der Waals surface area contributed by atoms with Gasteiger partial charge < -0.3 is 9.80 Å². The van der Waals surface area contributed by atoms with Crippen LogP contribution in [0.5, 0.6) is 0 Å². The van der Waals surface area contributed by atoms with E-state index in [1.807, 2.05) is 48.5 Å². The lowest BCUT2D eigenvalue weighted by molar-refractivity contribution is 0.402. The van der Waals surface area contributed by atoms with Gasteiger partial charge in [-0.2, -0.15) is 0 Å². The average molecular weight is 320 g/mol. The summed E-state index contributed by atoms with van der Waals surface area (Å²) in [6.45, 7) is 2.00. The highest BCUT2D eigenvalue weighted by atomic mass is 16.1. The van der Waals surface area contributed by atoms with E-state index in [-0.39, 0.29) is 5.43 Å². The Balaban J connectivity index is 2.18. The van der Waals surface area contributed by atoms with Gasteiger partial charge in [0.25, 0.3) is 0 Å². The van der Waals surface area contributed by atoms with Crippen LogP contribution in [0.1, 0.15) is 6.42 Å². The molecule has 3 heteroatoms. The largest absolute Gasteiger partial charge is 0.374 e. The van der Waals surface area contributed by atoms with Gasteiger partial charge in [0, 0.05) is 35.4 Å². The lowest BCUT2D eigenvalue weighted by Crippen LogP contribution is -2.23. The van der Waals surface area contributed by atoms with Crippen LogP contribution in [0.25, 0.3) is 21.5 Å². The molecule has 3 nitrogen and oxygen atoms in total. The molecule has 0 radical (unpaired) electrons. The van der Waals surface area contributed by atoms with Crippen molar-refractivity contribution in [1.82, 2.24) is 4.90 Å². The number of nitrogens with zero attached hydrogens (tertiary/aromatic N) is 2. The lowest BCUT2D eigenvalue weighted by atomic mass is 10.1. The molecular weight excluding hydrogens is 296 g/mol. The second-order valence-corrected chi connectivity index (χ2v) is 6.57. The normalized spacial score (nSPS) is 11.3. The monoisotopic (exact) mass is 320 g/mol. The molecule has 3 aromatic carbocycles. The van der Waals surface area contributed by atoms with Crippen LogP contribution in [0.4, 0.5) is 5.69 Å². The van der Waals surface area contributed by atoms with Gasteiger partial charge in [-0.3, -0.25) is 4.79 Å². The zero-order valence-electron chi connectivity index (χ0n) is 14.6. The number of fused-ring (bicyclic) bond motifs is 2. The van der Waals surface area contributed by atoms with Gasteiger partial charge in [0.15, 0.2) is 5.43 Å². The van der Waals surface area contributed by atoms with Crippen molar-refractivity contribution in [1.29, 1.82) is 0 Å². The molecule has 0 bridgehead atoms. The van der Waals surface area contributed by atoms with Gasteiger partial charge in [-0.05, 0) is 38.5 Å². The van der Waals surface area contributed by atoms with E-state index in [1.165, 1.54) is 0 Å². The topological polar surface area (TPSA) is 23.6 Å². The molecule has 0 unspecified atom stereocenters. The Bertz CT molecular complexity index is 918. The van der Waals surface area contributed by atoms with Gasteiger partial charge in [-0.25, -0.2) is 0 Å². The number of rotatable bonds is 5. The molecule has 0 saturated heterocycles. The summed E-state index contributed by atoms with van der Waals surface area (Å²) in [5, 5.41) is 3.58. The second kappa shape index (κ2) is 7.02. The van der Waals surface area contributed by atoms with Crippen LogP contribution in [0.3, 0.4) is 0 Å². The van der Waals surface area contributed by atoms with E-state index in [2.05, 4.69) is 37.0 Å². The van der Waals surface area contributed by atoms with Crippen molar-refractivity contribution >= 4 is 27.2 Å². The van der Waals surface area contributed by atoms with Gasteiger partial charge >= 0.3 is 0 Å². The maximum absolute atomic E-state index is 12.9. The number of hydrogen-bond donors (Lipinski definition) is 0. The van der Waals surface area contributed by atoms with Crippen molar-refractivity contribution in [3.05, 3.63) is 64.8 Å². The molecule has 24 heavy (non-hydrogen) atoms. The highest BCUT2D eigenvalue weighted by Crippen LogP contribution is 2.26. The SMILES string of the molecule is CN(C)CCCN(C)c1cc2ccccc2c(=O)c2ccccc12. The third kappa shape index (κ3) is 3.26. The summed E-state index contributed by atoms with van der Waals surface area (Å²) in [7, 11) is 6.29. The number of benzene rings is 2. The van der Waals surface area contributed by atoms with E-state index in [0.717, 1.165) is 46.7 Å². The van der Waals surface area contributed by atoms with Crippen molar-refractivity contribution in [2.45, 2.75) is 6.42 Å². The zero-order chi connectivity index (χ0) is 17.1. The quantitative estimate of drug-likeness (QED) is 0.715. The van der Waals surface area contributed by atoms with Gasteiger partial charge in [0.1, 0.15) is 0 Å². The van der Waals surface area contributed by atoms with Crippen LogP contribution in [-0.4, -0.2) is 39.1 Å². The fraction of sp³-hybridized carbons (Fsp3) is 0.286. The van der Waals surface area contributed by atoms with E-state index in [9.17, 15) is 4.79 Å². The third-order valence-corrected chi connectivity index (χ3v) is 4.46. The Morgan fingerprint density at radius 3 is 2.12 bits per heavy atom. The lowest BCUT2D eigenvalue weighted by Gasteiger charge is -2.21. The molecule has 0 atom stereocenters. The fourth-order valence-electron chi connectivity index (χ4n) is 3.16. The first-order chi connectivity index (χ1) is 11.6. The van der Waals surface area contributed by atoms with Crippen molar-refractivity contribution in [3.8, 4) is 0 Å². The molecule has 0 aliphatic heterocycles. The average Bonchev–Trinajstić information content (AvgIpc) is 2.70. The molecule has 3 aromatic rings. The van der Waals surface area contributed by atoms with Crippen molar-refractivity contribution in [2.75, 3.05) is 39.1 Å². The van der Waals surface area contributed by atoms with Crippen molar-refractivity contribution in [2.24, 2.45) is 0 Å². The van der Waals surface area contributed by atoms with E-state index in [1.54, 1.807) is 0 Å². The minimum absolute atomic E-state index is 0.106. The van der Waals surface area contributed by atoms with Crippen LogP contribution in [0, 0.1) is 0 Å². The first-order valence-corrected chi connectivity index (χ1v) is 8.38. The fourth-order valence-corrected chi connectivity index (χ4v) is 3.16.